The summed E-state index contributed by atoms with van der Waals surface area (Å²) in [6, 6.07) is 0. The van der Waals surface area contributed by atoms with Gasteiger partial charge in [0.25, 0.3) is 0 Å². The fourth-order valence-corrected chi connectivity index (χ4v) is 2.23. The summed E-state index contributed by atoms with van der Waals surface area (Å²) in [5.74, 6) is 0. The van der Waals surface area contributed by atoms with Crippen LogP contribution in [0, 0.1) is 0 Å². The molecule has 8 heteroatoms. The van der Waals surface area contributed by atoms with Crippen molar-refractivity contribution in [2.75, 3.05) is 40.0 Å². The Morgan fingerprint density at radius 1 is 0.429 bits per heavy atom. The minimum atomic E-state index is 0. The number of nitrogens with zero attached hydrogens (tertiary/aromatic N) is 4. The summed E-state index contributed by atoms with van der Waals surface area (Å²) in [7, 11) is 0. The molecular weight excluding hydrogens is 236 g/mol. The van der Waals surface area contributed by atoms with E-state index in [2.05, 4.69) is 19.6 Å². The van der Waals surface area contributed by atoms with Crippen molar-refractivity contribution < 1.29 is 0 Å². The van der Waals surface area contributed by atoms with Crippen LogP contribution in [-0.4, -0.2) is 200 Å². The average Bonchev–Trinajstić information content (AvgIpc) is 1.82. The zero-order valence-corrected chi connectivity index (χ0v) is 6.03. The topological polar surface area (TPSA) is 13.0 Å². The van der Waals surface area contributed by atoms with Crippen molar-refractivity contribution in [1.82, 2.24) is 19.6 Å². The van der Waals surface area contributed by atoms with Crippen molar-refractivity contribution in [3.63, 3.8) is 0 Å². The van der Waals surface area contributed by atoms with E-state index >= 15 is 0 Å². The van der Waals surface area contributed by atoms with Crippen LogP contribution in [0.4, 0.5) is 0 Å². The van der Waals surface area contributed by atoms with E-state index in [1.54, 1.807) is 0 Å². The molecule has 0 amide bonds. The minimum absolute atomic E-state index is 0. The van der Waals surface area contributed by atoms with E-state index in [0.29, 0.717) is 0 Å². The molecule has 64 valence electrons. The van der Waals surface area contributed by atoms with E-state index in [9.17, 15) is 0 Å². The first-order valence-corrected chi connectivity index (χ1v) is 3.79. The standard InChI is InChI=1S/C6H12N4.K.3Na.4H/c1-7-2-9-4-8(1)5-10(3-7)6-9;;;;;;;;/h1-6H2;;;;;;;;. The summed E-state index contributed by atoms with van der Waals surface area (Å²) in [5.41, 5.74) is 0. The van der Waals surface area contributed by atoms with Crippen LogP contribution < -0.4 is 0 Å². The van der Waals surface area contributed by atoms with Crippen LogP contribution in [0.25, 0.3) is 0 Å². The molecule has 0 aromatic carbocycles. The van der Waals surface area contributed by atoms with Crippen LogP contribution in [0.1, 0.15) is 0 Å². The summed E-state index contributed by atoms with van der Waals surface area (Å²) in [6.45, 7) is 7.12. The molecule has 0 unspecified atom stereocenters. The first-order chi connectivity index (χ1) is 4.90. The van der Waals surface area contributed by atoms with Crippen molar-refractivity contribution in [1.29, 1.82) is 0 Å². The van der Waals surface area contributed by atoms with E-state index in [1.165, 1.54) is 40.0 Å². The third kappa shape index (κ3) is 4.87. The Kier molecular flexibility index (Phi) is 13.9. The molecule has 4 nitrogen and oxygen atoms in total. The zero-order valence-electron chi connectivity index (χ0n) is 6.03. The van der Waals surface area contributed by atoms with E-state index < -0.39 is 0 Å². The predicted molar refractivity (Wildman–Crippen MR) is 65.2 cm³/mol. The van der Waals surface area contributed by atoms with Gasteiger partial charge in [-0.25, -0.2) is 0 Å². The van der Waals surface area contributed by atoms with Crippen molar-refractivity contribution >= 4 is 140 Å². The molecule has 4 bridgehead atoms. The third-order valence-corrected chi connectivity index (χ3v) is 2.40. The van der Waals surface area contributed by atoms with Gasteiger partial charge in [0, 0.05) is 0 Å². The Labute approximate surface area is 195 Å². The van der Waals surface area contributed by atoms with Gasteiger partial charge >= 0.3 is 140 Å². The van der Waals surface area contributed by atoms with Gasteiger partial charge in [-0.2, -0.15) is 0 Å². The molecule has 0 aromatic rings. The normalized spacial score (nSPS) is 41.1. The monoisotopic (exact) mass is 252 g/mol. The van der Waals surface area contributed by atoms with Gasteiger partial charge in [0.2, 0.25) is 0 Å². The molecule has 4 aliphatic rings. The summed E-state index contributed by atoms with van der Waals surface area (Å²) >= 11 is 0. The summed E-state index contributed by atoms with van der Waals surface area (Å²) in [5, 5.41) is 0. The zero-order chi connectivity index (χ0) is 6.55. The summed E-state index contributed by atoms with van der Waals surface area (Å²) in [6.07, 6.45) is 0. The Morgan fingerprint density at radius 2 is 0.571 bits per heavy atom. The molecule has 4 rings (SSSR count). The van der Waals surface area contributed by atoms with E-state index in [1.807, 2.05) is 0 Å². The fourth-order valence-electron chi connectivity index (χ4n) is 2.23. The molecule has 4 fully saturated rings. The van der Waals surface area contributed by atoms with Crippen LogP contribution >= 0.6 is 0 Å². The first kappa shape index (κ1) is 20.8. The molecule has 4 heterocycles. The molecule has 0 atom stereocenters. The molecule has 0 aliphatic carbocycles. The Balaban J connectivity index is 0. The second kappa shape index (κ2) is 9.39. The second-order valence-electron chi connectivity index (χ2n) is 3.53. The van der Waals surface area contributed by atoms with Crippen LogP contribution in [0.5, 0.6) is 0 Å². The summed E-state index contributed by atoms with van der Waals surface area (Å²) in [4.78, 5) is 9.88. The van der Waals surface area contributed by atoms with Gasteiger partial charge in [0.15, 0.2) is 0 Å². The predicted octanol–water partition coefficient (Wildman–Crippen LogP) is -3.61. The second-order valence-corrected chi connectivity index (χ2v) is 3.53. The van der Waals surface area contributed by atoms with Crippen LogP contribution in [0.3, 0.4) is 0 Å². The van der Waals surface area contributed by atoms with E-state index in [4.69, 9.17) is 0 Å². The van der Waals surface area contributed by atoms with Crippen molar-refractivity contribution in [3.8, 4) is 0 Å². The third-order valence-electron chi connectivity index (χ3n) is 2.40. The van der Waals surface area contributed by atoms with Crippen LogP contribution in [-0.2, 0) is 0 Å². The maximum absolute atomic E-state index is 2.47. The molecule has 0 N–H and O–H groups in total. The number of hydrogen-bond acceptors (Lipinski definition) is 4. The van der Waals surface area contributed by atoms with Gasteiger partial charge in [-0.1, -0.05) is 0 Å². The number of rotatable bonds is 0. The van der Waals surface area contributed by atoms with Gasteiger partial charge in [0.05, 0.1) is 40.0 Å². The van der Waals surface area contributed by atoms with Crippen molar-refractivity contribution in [3.05, 3.63) is 0 Å². The van der Waals surface area contributed by atoms with Crippen LogP contribution in [0.15, 0.2) is 0 Å². The number of hydrogen-bond donors (Lipinski definition) is 0. The van der Waals surface area contributed by atoms with E-state index in [-0.39, 0.29) is 140 Å². The Hall–Kier alpha value is 4.48. The molecule has 14 heavy (non-hydrogen) atoms. The molecule has 0 aromatic heterocycles. The maximum atomic E-state index is 2.47. The van der Waals surface area contributed by atoms with Crippen molar-refractivity contribution in [2.45, 2.75) is 0 Å². The fraction of sp³-hybridized carbons (Fsp3) is 1.00. The van der Waals surface area contributed by atoms with Gasteiger partial charge in [0.1, 0.15) is 0 Å². The van der Waals surface area contributed by atoms with Gasteiger partial charge in [-0.3, -0.25) is 19.6 Å². The van der Waals surface area contributed by atoms with Gasteiger partial charge < -0.3 is 0 Å². The molecule has 0 saturated carbocycles. The van der Waals surface area contributed by atoms with Gasteiger partial charge in [-0.05, 0) is 0 Å². The van der Waals surface area contributed by atoms with Crippen LogP contribution in [0.2, 0.25) is 0 Å². The SMILES string of the molecule is C1N2CN3CN1CN(C2)C3.[KH].[NaH].[NaH].[NaH]. The molecule has 4 saturated heterocycles. The van der Waals surface area contributed by atoms with E-state index in [0.717, 1.165) is 0 Å². The molecule has 4 aliphatic heterocycles. The van der Waals surface area contributed by atoms with Gasteiger partial charge in [-0.15, -0.1) is 0 Å². The molecular formula is C6H16KN4Na3. The average molecular weight is 252 g/mol. The Bertz CT molecular complexity index is 117. The molecule has 0 radical (unpaired) electrons. The van der Waals surface area contributed by atoms with Crippen molar-refractivity contribution in [2.24, 2.45) is 0 Å². The first-order valence-electron chi connectivity index (χ1n) is 3.79. The Morgan fingerprint density at radius 3 is 0.714 bits per heavy atom. The quantitative estimate of drug-likeness (QED) is 0.413. The molecule has 0 spiro atoms. The summed E-state index contributed by atoms with van der Waals surface area (Å²) < 4.78 is 0.